The first-order valence-corrected chi connectivity index (χ1v) is 6.81. The topological polar surface area (TPSA) is 50.7 Å². The normalized spacial score (nSPS) is 31.1. The first-order chi connectivity index (χ1) is 8.16. The Bertz CT molecular complexity index is 231. The van der Waals surface area contributed by atoms with E-state index in [9.17, 15) is 5.11 Å². The molecule has 4 heteroatoms. The highest BCUT2D eigenvalue weighted by molar-refractivity contribution is 4.93. The van der Waals surface area contributed by atoms with E-state index in [0.717, 1.165) is 18.9 Å². The molecule has 0 spiro atoms. The molecule has 1 saturated heterocycles. The molecule has 1 heterocycles. The summed E-state index contributed by atoms with van der Waals surface area (Å²) in [6.45, 7) is 5.83. The lowest BCUT2D eigenvalue weighted by atomic mass is 10.1. The fourth-order valence-electron chi connectivity index (χ4n) is 2.37. The van der Waals surface area contributed by atoms with E-state index in [1.165, 1.54) is 12.8 Å². The van der Waals surface area contributed by atoms with Gasteiger partial charge in [0.05, 0.1) is 24.9 Å². The van der Waals surface area contributed by atoms with Crippen molar-refractivity contribution in [1.29, 1.82) is 0 Å². The van der Waals surface area contributed by atoms with E-state index in [-0.39, 0.29) is 6.10 Å². The fraction of sp³-hybridized carbons (Fsp3) is 1.00. The van der Waals surface area contributed by atoms with Crippen molar-refractivity contribution in [1.82, 2.24) is 5.32 Å². The van der Waals surface area contributed by atoms with E-state index in [0.29, 0.717) is 25.3 Å². The second-order valence-corrected chi connectivity index (χ2v) is 5.51. The minimum atomic E-state index is -0.419. The van der Waals surface area contributed by atoms with Crippen LogP contribution >= 0.6 is 0 Å². The predicted octanol–water partition coefficient (Wildman–Crippen LogP) is 0.929. The van der Waals surface area contributed by atoms with Gasteiger partial charge in [0.1, 0.15) is 0 Å². The lowest BCUT2D eigenvalue weighted by Crippen LogP contribution is -2.42. The Hall–Kier alpha value is -0.160. The van der Waals surface area contributed by atoms with Crippen molar-refractivity contribution in [3.63, 3.8) is 0 Å². The summed E-state index contributed by atoms with van der Waals surface area (Å²) in [5.74, 6) is 0.763. The van der Waals surface area contributed by atoms with Crippen molar-refractivity contribution in [2.45, 2.75) is 57.5 Å². The van der Waals surface area contributed by atoms with Gasteiger partial charge in [0.2, 0.25) is 0 Å². The molecule has 1 saturated carbocycles. The Balaban J connectivity index is 1.63. The third kappa shape index (κ3) is 4.21. The lowest BCUT2D eigenvalue weighted by molar-refractivity contribution is 0.00359. The maximum absolute atomic E-state index is 9.77. The van der Waals surface area contributed by atoms with Crippen molar-refractivity contribution in [3.8, 4) is 0 Å². The summed E-state index contributed by atoms with van der Waals surface area (Å²) in [4.78, 5) is 0. The molecule has 2 rings (SSSR count). The zero-order chi connectivity index (χ0) is 12.3. The van der Waals surface area contributed by atoms with Crippen LogP contribution in [0.3, 0.4) is 0 Å². The van der Waals surface area contributed by atoms with Crippen LogP contribution in [0.25, 0.3) is 0 Å². The molecule has 0 bridgehead atoms. The largest absolute Gasteiger partial charge is 0.389 e. The van der Waals surface area contributed by atoms with E-state index in [2.05, 4.69) is 5.32 Å². The maximum Gasteiger partial charge on any atom is 0.0897 e. The molecule has 4 nitrogen and oxygen atoms in total. The second kappa shape index (κ2) is 6.14. The van der Waals surface area contributed by atoms with Gasteiger partial charge in [-0.25, -0.2) is 0 Å². The average Bonchev–Trinajstić information content (AvgIpc) is 3.03. The van der Waals surface area contributed by atoms with Crippen LogP contribution in [-0.2, 0) is 9.47 Å². The minimum Gasteiger partial charge on any atom is -0.389 e. The van der Waals surface area contributed by atoms with Crippen LogP contribution in [-0.4, -0.2) is 49.2 Å². The molecule has 2 N–H and O–H groups in total. The summed E-state index contributed by atoms with van der Waals surface area (Å²) in [7, 11) is 0. The van der Waals surface area contributed by atoms with Crippen LogP contribution in [0.15, 0.2) is 0 Å². The molecule has 3 atom stereocenters. The van der Waals surface area contributed by atoms with Crippen LogP contribution in [0, 0.1) is 5.92 Å². The van der Waals surface area contributed by atoms with Gasteiger partial charge >= 0.3 is 0 Å². The van der Waals surface area contributed by atoms with Crippen LogP contribution < -0.4 is 5.32 Å². The van der Waals surface area contributed by atoms with E-state index < -0.39 is 6.10 Å². The summed E-state index contributed by atoms with van der Waals surface area (Å²) in [6, 6.07) is 0.427. The molecule has 1 aliphatic heterocycles. The van der Waals surface area contributed by atoms with Crippen molar-refractivity contribution in [2.24, 2.45) is 5.92 Å². The Kier molecular flexibility index (Phi) is 4.79. The zero-order valence-electron chi connectivity index (χ0n) is 10.9. The van der Waals surface area contributed by atoms with E-state index in [1.54, 1.807) is 0 Å². The van der Waals surface area contributed by atoms with Gasteiger partial charge in [-0.3, -0.25) is 0 Å². The highest BCUT2D eigenvalue weighted by Crippen LogP contribution is 2.38. The highest BCUT2D eigenvalue weighted by atomic mass is 16.5. The summed E-state index contributed by atoms with van der Waals surface area (Å²) in [5.41, 5.74) is 0. The second-order valence-electron chi connectivity index (χ2n) is 5.51. The third-order valence-electron chi connectivity index (χ3n) is 3.46. The van der Waals surface area contributed by atoms with Gasteiger partial charge in [0, 0.05) is 19.2 Å². The molecule has 0 aromatic heterocycles. The zero-order valence-corrected chi connectivity index (χ0v) is 10.9. The van der Waals surface area contributed by atoms with Gasteiger partial charge in [0.15, 0.2) is 0 Å². The van der Waals surface area contributed by atoms with Gasteiger partial charge in [-0.15, -0.1) is 0 Å². The standard InChI is InChI=1S/C13H25NO3/c1-9(2)17-8-11(15)7-14-12-5-6-16-13(12)10-3-4-10/h9-15H,3-8H2,1-2H3. The monoisotopic (exact) mass is 243 g/mol. The van der Waals surface area contributed by atoms with E-state index in [4.69, 9.17) is 9.47 Å². The molecular formula is C13H25NO3. The Labute approximate surface area is 104 Å². The third-order valence-corrected chi connectivity index (χ3v) is 3.46. The number of nitrogens with one attached hydrogen (secondary N) is 1. The van der Waals surface area contributed by atoms with Crippen molar-refractivity contribution >= 4 is 0 Å². The number of ether oxygens (including phenoxy) is 2. The Morgan fingerprint density at radius 3 is 2.76 bits per heavy atom. The summed E-state index contributed by atoms with van der Waals surface area (Å²) >= 11 is 0. The molecule has 0 aromatic rings. The summed E-state index contributed by atoms with van der Waals surface area (Å²) in [5, 5.41) is 13.2. The number of hydrogen-bond acceptors (Lipinski definition) is 4. The first kappa shape index (κ1) is 13.3. The molecule has 0 amide bonds. The van der Waals surface area contributed by atoms with E-state index >= 15 is 0 Å². The Morgan fingerprint density at radius 2 is 2.12 bits per heavy atom. The van der Waals surface area contributed by atoms with Crippen molar-refractivity contribution in [2.75, 3.05) is 19.8 Å². The molecule has 2 fully saturated rings. The smallest absolute Gasteiger partial charge is 0.0897 e. The predicted molar refractivity (Wildman–Crippen MR) is 66.0 cm³/mol. The van der Waals surface area contributed by atoms with Gasteiger partial charge in [-0.05, 0) is 39.0 Å². The van der Waals surface area contributed by atoms with Crippen LogP contribution in [0.5, 0.6) is 0 Å². The quantitative estimate of drug-likeness (QED) is 0.698. The maximum atomic E-state index is 9.77. The van der Waals surface area contributed by atoms with Crippen LogP contribution in [0.4, 0.5) is 0 Å². The fourth-order valence-corrected chi connectivity index (χ4v) is 2.37. The van der Waals surface area contributed by atoms with Gasteiger partial charge in [-0.1, -0.05) is 0 Å². The van der Waals surface area contributed by atoms with Gasteiger partial charge < -0.3 is 19.9 Å². The van der Waals surface area contributed by atoms with Gasteiger partial charge in [0.25, 0.3) is 0 Å². The number of rotatable bonds is 7. The minimum absolute atomic E-state index is 0.179. The lowest BCUT2D eigenvalue weighted by Gasteiger charge is -2.21. The van der Waals surface area contributed by atoms with Crippen LogP contribution in [0.2, 0.25) is 0 Å². The average molecular weight is 243 g/mol. The Morgan fingerprint density at radius 1 is 1.35 bits per heavy atom. The van der Waals surface area contributed by atoms with Crippen molar-refractivity contribution in [3.05, 3.63) is 0 Å². The van der Waals surface area contributed by atoms with Crippen molar-refractivity contribution < 1.29 is 14.6 Å². The first-order valence-electron chi connectivity index (χ1n) is 6.81. The highest BCUT2D eigenvalue weighted by Gasteiger charge is 2.40. The molecule has 0 aromatic carbocycles. The molecule has 3 unspecified atom stereocenters. The molecule has 1 aliphatic carbocycles. The molecule has 2 aliphatic rings. The molecule has 100 valence electrons. The number of hydrogen-bond donors (Lipinski definition) is 2. The summed E-state index contributed by atoms with van der Waals surface area (Å²) < 4.78 is 11.1. The number of aliphatic hydroxyl groups is 1. The van der Waals surface area contributed by atoms with Crippen LogP contribution in [0.1, 0.15) is 33.1 Å². The molecule has 17 heavy (non-hydrogen) atoms. The SMILES string of the molecule is CC(C)OCC(O)CNC1CCOC1C1CC1. The van der Waals surface area contributed by atoms with Gasteiger partial charge in [-0.2, -0.15) is 0 Å². The molecular weight excluding hydrogens is 218 g/mol. The number of aliphatic hydroxyl groups excluding tert-OH is 1. The van der Waals surface area contributed by atoms with E-state index in [1.807, 2.05) is 13.8 Å². The summed E-state index contributed by atoms with van der Waals surface area (Å²) in [6.07, 6.45) is 3.83. The molecule has 0 radical (unpaired) electrons.